The highest BCUT2D eigenvalue weighted by atomic mass is 16.4. The minimum Gasteiger partial charge on any atom is -0.429 e. The van der Waals surface area contributed by atoms with Crippen molar-refractivity contribution in [2.45, 2.75) is 19.8 Å². The molecule has 2 rings (SSSR count). The van der Waals surface area contributed by atoms with E-state index >= 15 is 0 Å². The Bertz CT molecular complexity index is 445. The Hall–Kier alpha value is -1.77. The molecule has 0 atom stereocenters. The summed E-state index contributed by atoms with van der Waals surface area (Å²) in [5.74, 6) is 0.921. The van der Waals surface area contributed by atoms with Crippen molar-refractivity contribution in [1.82, 2.24) is 4.98 Å². The van der Waals surface area contributed by atoms with E-state index in [1.807, 2.05) is 0 Å². The number of hydrogen-bond acceptors (Lipinski definition) is 3. The van der Waals surface area contributed by atoms with Gasteiger partial charge in [0.05, 0.1) is 6.20 Å². The lowest BCUT2D eigenvalue weighted by atomic mass is 10.1. The summed E-state index contributed by atoms with van der Waals surface area (Å²) in [6.45, 7) is 2.10. The number of benzene rings is 1. The minimum absolute atomic E-state index is 0.582. The van der Waals surface area contributed by atoms with Gasteiger partial charge < -0.3 is 9.73 Å². The largest absolute Gasteiger partial charge is 0.429 e. The van der Waals surface area contributed by atoms with Gasteiger partial charge in [-0.05, 0) is 18.9 Å². The number of hydrogen-bond donors (Lipinski definition) is 1. The maximum atomic E-state index is 5.46. The van der Waals surface area contributed by atoms with Crippen molar-refractivity contribution < 1.29 is 4.42 Å². The lowest BCUT2D eigenvalue weighted by molar-refractivity contribution is 0.518. The summed E-state index contributed by atoms with van der Waals surface area (Å²) in [5, 5.41) is 2.88. The molecule has 1 aromatic heterocycles. The van der Waals surface area contributed by atoms with Gasteiger partial charge in [0.15, 0.2) is 0 Å². The number of oxazole rings is 1. The fourth-order valence-corrected chi connectivity index (χ4v) is 1.56. The minimum atomic E-state index is 0.582. The molecule has 84 valence electrons. The Balaban J connectivity index is 1.94. The van der Waals surface area contributed by atoms with Crippen LogP contribution >= 0.6 is 0 Å². The smallest absolute Gasteiger partial charge is 0.294 e. The Morgan fingerprint density at radius 2 is 1.94 bits per heavy atom. The first-order valence-corrected chi connectivity index (χ1v) is 5.46. The Kier molecular flexibility index (Phi) is 3.25. The van der Waals surface area contributed by atoms with Crippen molar-refractivity contribution in [3.8, 4) is 0 Å². The van der Waals surface area contributed by atoms with E-state index in [4.69, 9.17) is 4.42 Å². The van der Waals surface area contributed by atoms with Crippen LogP contribution in [0.15, 0.2) is 34.9 Å². The third-order valence-corrected chi connectivity index (χ3v) is 2.55. The van der Waals surface area contributed by atoms with Crippen LogP contribution in [0, 0.1) is 6.92 Å². The zero-order valence-corrected chi connectivity index (χ0v) is 9.66. The zero-order valence-electron chi connectivity index (χ0n) is 9.66. The first-order chi connectivity index (χ1) is 7.78. The number of aromatic nitrogens is 1. The number of anilines is 1. The van der Waals surface area contributed by atoms with E-state index in [1.165, 1.54) is 11.1 Å². The van der Waals surface area contributed by atoms with E-state index in [0.29, 0.717) is 6.01 Å². The molecule has 0 radical (unpaired) electrons. The molecule has 2 aromatic rings. The van der Waals surface area contributed by atoms with Gasteiger partial charge in [-0.2, -0.15) is 0 Å². The van der Waals surface area contributed by atoms with Gasteiger partial charge in [0, 0.05) is 13.5 Å². The second kappa shape index (κ2) is 4.84. The van der Waals surface area contributed by atoms with Crippen LogP contribution in [0.3, 0.4) is 0 Å². The van der Waals surface area contributed by atoms with Crippen LogP contribution in [-0.2, 0) is 12.8 Å². The van der Waals surface area contributed by atoms with Crippen molar-refractivity contribution in [3.05, 3.63) is 47.3 Å². The zero-order chi connectivity index (χ0) is 11.4. The average Bonchev–Trinajstić information content (AvgIpc) is 2.76. The number of rotatable bonds is 4. The molecular formula is C13H16N2O. The molecule has 0 aliphatic carbocycles. The van der Waals surface area contributed by atoms with Crippen LogP contribution in [0.25, 0.3) is 0 Å². The number of nitrogens with one attached hydrogen (secondary N) is 1. The molecule has 0 saturated carbocycles. The van der Waals surface area contributed by atoms with E-state index in [-0.39, 0.29) is 0 Å². The molecule has 0 aliphatic heterocycles. The third-order valence-electron chi connectivity index (χ3n) is 2.55. The summed E-state index contributed by atoms with van der Waals surface area (Å²) in [4.78, 5) is 4.08. The highest BCUT2D eigenvalue weighted by molar-refractivity contribution is 5.23. The Morgan fingerprint density at radius 1 is 1.19 bits per heavy atom. The van der Waals surface area contributed by atoms with E-state index < -0.39 is 0 Å². The molecule has 1 heterocycles. The first kappa shape index (κ1) is 10.7. The van der Waals surface area contributed by atoms with Crippen LogP contribution in [-0.4, -0.2) is 12.0 Å². The van der Waals surface area contributed by atoms with Crippen LogP contribution in [0.1, 0.15) is 16.9 Å². The predicted molar refractivity (Wildman–Crippen MR) is 64.6 cm³/mol. The highest BCUT2D eigenvalue weighted by Gasteiger charge is 2.02. The van der Waals surface area contributed by atoms with E-state index in [1.54, 1.807) is 13.2 Å². The molecular weight excluding hydrogens is 200 g/mol. The summed E-state index contributed by atoms with van der Waals surface area (Å²) < 4.78 is 5.46. The summed E-state index contributed by atoms with van der Waals surface area (Å²) in [6.07, 6.45) is 3.65. The van der Waals surface area contributed by atoms with E-state index in [2.05, 4.69) is 41.5 Å². The van der Waals surface area contributed by atoms with Gasteiger partial charge in [0.1, 0.15) is 5.76 Å². The van der Waals surface area contributed by atoms with Gasteiger partial charge in [0.25, 0.3) is 6.01 Å². The molecule has 3 heteroatoms. The molecule has 0 fully saturated rings. The molecule has 1 aromatic carbocycles. The molecule has 0 amide bonds. The fraction of sp³-hybridized carbons (Fsp3) is 0.308. The second-order valence-electron chi connectivity index (χ2n) is 3.87. The normalized spacial score (nSPS) is 10.4. The summed E-state index contributed by atoms with van der Waals surface area (Å²) in [6, 6.07) is 9.16. The van der Waals surface area contributed by atoms with Crippen molar-refractivity contribution in [2.75, 3.05) is 12.4 Å². The molecule has 16 heavy (non-hydrogen) atoms. The summed E-state index contributed by atoms with van der Waals surface area (Å²) >= 11 is 0. The average molecular weight is 216 g/mol. The molecule has 0 spiro atoms. The third kappa shape index (κ3) is 2.63. The topological polar surface area (TPSA) is 38.1 Å². The molecule has 1 N–H and O–H groups in total. The molecule has 0 saturated heterocycles. The monoisotopic (exact) mass is 216 g/mol. The number of nitrogens with zero attached hydrogens (tertiary/aromatic N) is 1. The van der Waals surface area contributed by atoms with Crippen LogP contribution in [0.4, 0.5) is 6.01 Å². The lowest BCUT2D eigenvalue weighted by Crippen LogP contribution is -1.89. The Morgan fingerprint density at radius 3 is 2.56 bits per heavy atom. The fourth-order valence-electron chi connectivity index (χ4n) is 1.56. The van der Waals surface area contributed by atoms with Crippen molar-refractivity contribution in [2.24, 2.45) is 0 Å². The first-order valence-electron chi connectivity index (χ1n) is 5.46. The van der Waals surface area contributed by atoms with Gasteiger partial charge in [0.2, 0.25) is 0 Å². The summed E-state index contributed by atoms with van der Waals surface area (Å²) in [7, 11) is 1.80. The molecule has 3 nitrogen and oxygen atoms in total. The maximum absolute atomic E-state index is 5.46. The quantitative estimate of drug-likeness (QED) is 0.854. The van der Waals surface area contributed by atoms with Crippen molar-refractivity contribution >= 4 is 6.01 Å². The molecule has 0 unspecified atom stereocenters. The standard InChI is InChI=1S/C13H16N2O/c1-10-3-5-11(6-4-10)7-8-12-9-15-13(14-2)16-12/h3-6,9H,7-8H2,1-2H3,(H,14,15). The second-order valence-corrected chi connectivity index (χ2v) is 3.87. The summed E-state index contributed by atoms with van der Waals surface area (Å²) in [5.41, 5.74) is 2.62. The van der Waals surface area contributed by atoms with E-state index in [0.717, 1.165) is 18.6 Å². The van der Waals surface area contributed by atoms with Crippen molar-refractivity contribution in [3.63, 3.8) is 0 Å². The van der Waals surface area contributed by atoms with Crippen LogP contribution < -0.4 is 5.32 Å². The van der Waals surface area contributed by atoms with Gasteiger partial charge in [-0.3, -0.25) is 0 Å². The lowest BCUT2D eigenvalue weighted by Gasteiger charge is -1.99. The molecule has 0 bridgehead atoms. The SMILES string of the molecule is CNc1ncc(CCc2ccc(C)cc2)o1. The van der Waals surface area contributed by atoms with Gasteiger partial charge >= 0.3 is 0 Å². The maximum Gasteiger partial charge on any atom is 0.294 e. The van der Waals surface area contributed by atoms with Crippen LogP contribution in [0.2, 0.25) is 0 Å². The Labute approximate surface area is 95.5 Å². The van der Waals surface area contributed by atoms with Crippen molar-refractivity contribution in [1.29, 1.82) is 0 Å². The van der Waals surface area contributed by atoms with E-state index in [9.17, 15) is 0 Å². The molecule has 0 aliphatic rings. The number of aryl methyl sites for hydroxylation is 3. The highest BCUT2D eigenvalue weighted by Crippen LogP contribution is 2.12. The predicted octanol–water partition coefficient (Wildman–Crippen LogP) is 2.81. The van der Waals surface area contributed by atoms with Gasteiger partial charge in [-0.1, -0.05) is 29.8 Å². The van der Waals surface area contributed by atoms with Gasteiger partial charge in [-0.25, -0.2) is 4.98 Å². The van der Waals surface area contributed by atoms with Gasteiger partial charge in [-0.15, -0.1) is 0 Å². The van der Waals surface area contributed by atoms with Crippen LogP contribution in [0.5, 0.6) is 0 Å².